The first-order chi connectivity index (χ1) is 11.6. The van der Waals surface area contributed by atoms with Crippen molar-refractivity contribution in [1.29, 1.82) is 0 Å². The molecule has 2 N–H and O–H groups in total. The second kappa shape index (κ2) is 8.46. The molecule has 1 heterocycles. The number of likely N-dealkylation sites (tertiary alicyclic amines) is 1. The highest BCUT2D eigenvalue weighted by Gasteiger charge is 2.23. The van der Waals surface area contributed by atoms with Gasteiger partial charge in [-0.3, -0.25) is 4.90 Å². The predicted octanol–water partition coefficient (Wildman–Crippen LogP) is 3.56. The molecular formula is C21H34N2O. The number of piperidine rings is 1. The van der Waals surface area contributed by atoms with Crippen molar-refractivity contribution in [2.24, 2.45) is 11.8 Å². The van der Waals surface area contributed by atoms with Crippen LogP contribution in [0.4, 0.5) is 0 Å². The molecule has 3 heteroatoms. The van der Waals surface area contributed by atoms with Gasteiger partial charge in [0, 0.05) is 32.2 Å². The minimum atomic E-state index is -0.0894. The molecule has 1 aromatic carbocycles. The fourth-order valence-electron chi connectivity index (χ4n) is 4.57. The highest BCUT2D eigenvalue weighted by molar-refractivity contribution is 5.27. The zero-order chi connectivity index (χ0) is 16.9. The summed E-state index contributed by atoms with van der Waals surface area (Å²) in [7, 11) is 0. The van der Waals surface area contributed by atoms with E-state index >= 15 is 0 Å². The molecule has 24 heavy (non-hydrogen) atoms. The second-order valence-corrected chi connectivity index (χ2v) is 8.27. The number of hydrogen-bond acceptors (Lipinski definition) is 3. The Bertz CT molecular complexity index is 500. The van der Waals surface area contributed by atoms with E-state index in [1.54, 1.807) is 0 Å². The number of rotatable bonds is 5. The van der Waals surface area contributed by atoms with E-state index in [-0.39, 0.29) is 6.10 Å². The molecule has 0 spiro atoms. The summed E-state index contributed by atoms with van der Waals surface area (Å²) in [5.74, 6) is 1.70. The zero-order valence-corrected chi connectivity index (χ0v) is 15.4. The third-order valence-corrected chi connectivity index (χ3v) is 5.83. The van der Waals surface area contributed by atoms with Gasteiger partial charge in [-0.1, -0.05) is 38.1 Å². The quantitative estimate of drug-likeness (QED) is 0.866. The van der Waals surface area contributed by atoms with E-state index in [2.05, 4.69) is 48.3 Å². The van der Waals surface area contributed by atoms with E-state index in [0.29, 0.717) is 6.04 Å². The Labute approximate surface area is 147 Å². The fraction of sp³-hybridized carbons (Fsp3) is 0.714. The summed E-state index contributed by atoms with van der Waals surface area (Å²) in [6.45, 7) is 8.81. The molecule has 0 aromatic heterocycles. The Morgan fingerprint density at radius 2 is 1.62 bits per heavy atom. The first-order valence-electron chi connectivity index (χ1n) is 9.80. The second-order valence-electron chi connectivity index (χ2n) is 8.27. The topological polar surface area (TPSA) is 35.5 Å². The maximum Gasteiger partial charge on any atom is 0.0564 e. The third-order valence-electron chi connectivity index (χ3n) is 5.83. The Kier molecular flexibility index (Phi) is 6.31. The van der Waals surface area contributed by atoms with Gasteiger partial charge in [-0.2, -0.15) is 0 Å². The molecule has 0 amide bonds. The average Bonchev–Trinajstić information content (AvgIpc) is 2.55. The SMILES string of the molecule is CC1CC(C)CC(NCc2ccccc2CN2CCC(O)CC2)C1. The van der Waals surface area contributed by atoms with Crippen LogP contribution in [0.1, 0.15) is 57.1 Å². The molecule has 1 aliphatic carbocycles. The predicted molar refractivity (Wildman–Crippen MR) is 99.8 cm³/mol. The normalized spacial score (nSPS) is 29.7. The number of aliphatic hydroxyl groups is 1. The average molecular weight is 331 g/mol. The van der Waals surface area contributed by atoms with Gasteiger partial charge in [-0.05, 0) is 55.1 Å². The summed E-state index contributed by atoms with van der Waals surface area (Å²) >= 11 is 0. The Morgan fingerprint density at radius 3 is 2.29 bits per heavy atom. The van der Waals surface area contributed by atoms with Crippen LogP contribution < -0.4 is 5.32 Å². The molecule has 2 atom stereocenters. The summed E-state index contributed by atoms with van der Waals surface area (Å²) in [5, 5.41) is 13.5. The van der Waals surface area contributed by atoms with Gasteiger partial charge in [0.05, 0.1) is 6.10 Å². The van der Waals surface area contributed by atoms with Crippen LogP contribution in [0.15, 0.2) is 24.3 Å². The minimum absolute atomic E-state index is 0.0894. The van der Waals surface area contributed by atoms with Crippen LogP contribution in [0.2, 0.25) is 0 Å². The van der Waals surface area contributed by atoms with Crippen LogP contribution in [0.5, 0.6) is 0 Å². The molecule has 1 saturated heterocycles. The van der Waals surface area contributed by atoms with E-state index in [1.165, 1.54) is 30.4 Å². The monoisotopic (exact) mass is 330 g/mol. The lowest BCUT2D eigenvalue weighted by Crippen LogP contribution is -2.37. The first kappa shape index (κ1) is 17.9. The van der Waals surface area contributed by atoms with E-state index < -0.39 is 0 Å². The number of nitrogens with zero attached hydrogens (tertiary/aromatic N) is 1. The van der Waals surface area contributed by atoms with Gasteiger partial charge in [0.25, 0.3) is 0 Å². The number of aliphatic hydroxyl groups excluding tert-OH is 1. The molecule has 134 valence electrons. The van der Waals surface area contributed by atoms with E-state index in [9.17, 15) is 5.11 Å². The van der Waals surface area contributed by atoms with E-state index in [0.717, 1.165) is 50.9 Å². The van der Waals surface area contributed by atoms with Crippen LogP contribution in [-0.4, -0.2) is 35.2 Å². The smallest absolute Gasteiger partial charge is 0.0564 e. The van der Waals surface area contributed by atoms with Gasteiger partial charge in [0.15, 0.2) is 0 Å². The molecule has 0 radical (unpaired) electrons. The minimum Gasteiger partial charge on any atom is -0.393 e. The van der Waals surface area contributed by atoms with E-state index in [1.807, 2.05) is 0 Å². The van der Waals surface area contributed by atoms with Crippen molar-refractivity contribution in [2.75, 3.05) is 13.1 Å². The summed E-state index contributed by atoms with van der Waals surface area (Å²) in [6.07, 6.45) is 5.76. The molecule has 2 fully saturated rings. The molecule has 1 saturated carbocycles. The summed E-state index contributed by atoms with van der Waals surface area (Å²) in [6, 6.07) is 9.53. The largest absolute Gasteiger partial charge is 0.393 e. The summed E-state index contributed by atoms with van der Waals surface area (Å²) in [4.78, 5) is 2.48. The Hall–Kier alpha value is -0.900. The fourth-order valence-corrected chi connectivity index (χ4v) is 4.57. The van der Waals surface area contributed by atoms with Gasteiger partial charge in [-0.25, -0.2) is 0 Å². The van der Waals surface area contributed by atoms with Crippen molar-refractivity contribution in [3.63, 3.8) is 0 Å². The van der Waals surface area contributed by atoms with Crippen molar-refractivity contribution >= 4 is 0 Å². The van der Waals surface area contributed by atoms with Crippen LogP contribution >= 0.6 is 0 Å². The molecule has 2 aliphatic rings. The van der Waals surface area contributed by atoms with Crippen molar-refractivity contribution in [3.8, 4) is 0 Å². The highest BCUT2D eigenvalue weighted by Crippen LogP contribution is 2.28. The highest BCUT2D eigenvalue weighted by atomic mass is 16.3. The van der Waals surface area contributed by atoms with Gasteiger partial charge in [0.1, 0.15) is 0 Å². The van der Waals surface area contributed by atoms with Gasteiger partial charge < -0.3 is 10.4 Å². The van der Waals surface area contributed by atoms with Crippen molar-refractivity contribution in [2.45, 2.75) is 71.2 Å². The lowest BCUT2D eigenvalue weighted by atomic mass is 9.80. The number of nitrogens with one attached hydrogen (secondary N) is 1. The Balaban J connectivity index is 1.56. The molecular weight excluding hydrogens is 296 g/mol. The van der Waals surface area contributed by atoms with Crippen LogP contribution in [0.25, 0.3) is 0 Å². The zero-order valence-electron chi connectivity index (χ0n) is 15.4. The lowest BCUT2D eigenvalue weighted by Gasteiger charge is -2.33. The molecule has 1 aromatic rings. The lowest BCUT2D eigenvalue weighted by molar-refractivity contribution is 0.0791. The molecule has 0 bridgehead atoms. The van der Waals surface area contributed by atoms with Crippen LogP contribution in [0.3, 0.4) is 0 Å². The van der Waals surface area contributed by atoms with Gasteiger partial charge >= 0.3 is 0 Å². The summed E-state index contributed by atoms with van der Waals surface area (Å²) in [5.41, 5.74) is 2.88. The maximum absolute atomic E-state index is 9.68. The van der Waals surface area contributed by atoms with Gasteiger partial charge in [0.2, 0.25) is 0 Å². The molecule has 3 nitrogen and oxygen atoms in total. The maximum atomic E-state index is 9.68. The molecule has 3 rings (SSSR count). The number of hydrogen-bond donors (Lipinski definition) is 2. The third kappa shape index (κ3) is 5.05. The van der Waals surface area contributed by atoms with E-state index in [4.69, 9.17) is 0 Å². The van der Waals surface area contributed by atoms with Crippen molar-refractivity contribution in [1.82, 2.24) is 10.2 Å². The van der Waals surface area contributed by atoms with Crippen LogP contribution in [-0.2, 0) is 13.1 Å². The summed E-state index contributed by atoms with van der Waals surface area (Å²) < 4.78 is 0. The number of benzene rings is 1. The van der Waals surface area contributed by atoms with Crippen LogP contribution in [0, 0.1) is 11.8 Å². The first-order valence-corrected chi connectivity index (χ1v) is 9.80. The standard InChI is InChI=1S/C21H34N2O/c1-16-11-17(2)13-20(12-16)22-14-18-5-3-4-6-19(18)15-23-9-7-21(24)8-10-23/h3-6,16-17,20-22,24H,7-15H2,1-2H3. The van der Waals surface area contributed by atoms with Crippen molar-refractivity contribution < 1.29 is 5.11 Å². The Morgan fingerprint density at radius 1 is 1.00 bits per heavy atom. The molecule has 2 unspecified atom stereocenters. The molecule has 1 aliphatic heterocycles. The van der Waals surface area contributed by atoms with Gasteiger partial charge in [-0.15, -0.1) is 0 Å². The van der Waals surface area contributed by atoms with Crippen molar-refractivity contribution in [3.05, 3.63) is 35.4 Å².